The molecule has 2 aromatic carbocycles. The zero-order chi connectivity index (χ0) is 25.2. The first kappa shape index (κ1) is 25.8. The fourth-order valence-corrected chi connectivity index (χ4v) is 7.36. The molecule has 2 aliphatic heterocycles. The second kappa shape index (κ2) is 10.4. The van der Waals surface area contributed by atoms with Crippen LogP contribution in [0.4, 0.5) is 10.1 Å². The van der Waals surface area contributed by atoms with E-state index in [1.165, 1.54) is 33.9 Å². The second-order valence-corrected chi connectivity index (χ2v) is 12.4. The van der Waals surface area contributed by atoms with Gasteiger partial charge in [-0.15, -0.1) is 0 Å². The molecule has 0 bridgehead atoms. The highest BCUT2D eigenvalue weighted by molar-refractivity contribution is 7.89. The lowest BCUT2D eigenvalue weighted by molar-refractivity contribution is 0.196. The second-order valence-electron chi connectivity index (χ2n) is 8.52. The average Bonchev–Trinajstić information content (AvgIpc) is 2.88. The summed E-state index contributed by atoms with van der Waals surface area (Å²) >= 11 is 0. The first-order valence-corrected chi connectivity index (χ1v) is 14.5. The summed E-state index contributed by atoms with van der Waals surface area (Å²) in [4.78, 5) is 4.24. The van der Waals surface area contributed by atoms with Gasteiger partial charge in [-0.1, -0.05) is 13.0 Å². The van der Waals surface area contributed by atoms with Gasteiger partial charge in [-0.2, -0.15) is 8.61 Å². The van der Waals surface area contributed by atoms with Crippen molar-refractivity contribution in [3.63, 3.8) is 0 Å². The Labute approximate surface area is 206 Å². The molecule has 12 heteroatoms. The predicted molar refractivity (Wildman–Crippen MR) is 131 cm³/mol. The van der Waals surface area contributed by atoms with Crippen molar-refractivity contribution in [3.8, 4) is 5.75 Å². The average molecular weight is 527 g/mol. The van der Waals surface area contributed by atoms with Crippen molar-refractivity contribution in [1.82, 2.24) is 13.5 Å². The molecule has 9 nitrogen and oxygen atoms in total. The quantitative estimate of drug-likeness (QED) is 0.542. The highest BCUT2D eigenvalue weighted by Crippen LogP contribution is 2.33. The molecular formula is C23H31FN4O5S2. The summed E-state index contributed by atoms with van der Waals surface area (Å²) in [7, 11) is -5.99. The van der Waals surface area contributed by atoms with E-state index in [9.17, 15) is 21.2 Å². The number of benzene rings is 2. The van der Waals surface area contributed by atoms with Crippen LogP contribution in [-0.4, -0.2) is 96.4 Å². The molecular weight excluding hydrogens is 495 g/mol. The van der Waals surface area contributed by atoms with Crippen LogP contribution in [0.15, 0.2) is 52.3 Å². The third-order valence-corrected chi connectivity index (χ3v) is 10.4. The molecule has 0 aromatic heterocycles. The van der Waals surface area contributed by atoms with Crippen molar-refractivity contribution in [3.05, 3.63) is 48.3 Å². The van der Waals surface area contributed by atoms with Gasteiger partial charge in [0.2, 0.25) is 20.0 Å². The Hall–Kier alpha value is -2.25. The minimum absolute atomic E-state index is 0.0835. The van der Waals surface area contributed by atoms with Crippen LogP contribution in [0.5, 0.6) is 5.75 Å². The zero-order valence-electron chi connectivity index (χ0n) is 19.9. The van der Waals surface area contributed by atoms with Crippen LogP contribution in [0.1, 0.15) is 6.92 Å². The van der Waals surface area contributed by atoms with Crippen molar-refractivity contribution < 1.29 is 26.0 Å². The van der Waals surface area contributed by atoms with E-state index in [2.05, 4.69) is 11.8 Å². The summed E-state index contributed by atoms with van der Waals surface area (Å²) in [6.07, 6.45) is 0. The Balaban J connectivity index is 1.52. The lowest BCUT2D eigenvalue weighted by atomic mass is 10.2. The Morgan fingerprint density at radius 2 is 1.37 bits per heavy atom. The SMILES string of the molecule is CCN1CCN(S(=O)(=O)c2ccc(OC)c(N3CCN(S(=O)(=O)c4cccc(F)c4)CC3)c2)CC1. The van der Waals surface area contributed by atoms with Crippen LogP contribution >= 0.6 is 0 Å². The number of piperazine rings is 2. The number of halogens is 1. The minimum atomic E-state index is -3.83. The van der Waals surface area contributed by atoms with Crippen LogP contribution in [0.2, 0.25) is 0 Å². The van der Waals surface area contributed by atoms with Crippen LogP contribution < -0.4 is 9.64 Å². The molecule has 192 valence electrons. The van der Waals surface area contributed by atoms with Crippen molar-refractivity contribution in [1.29, 1.82) is 0 Å². The number of nitrogens with zero attached hydrogens (tertiary/aromatic N) is 4. The first-order valence-electron chi connectivity index (χ1n) is 11.6. The molecule has 2 fully saturated rings. The number of sulfonamides is 2. The van der Waals surface area contributed by atoms with E-state index in [1.54, 1.807) is 18.2 Å². The molecule has 35 heavy (non-hydrogen) atoms. The van der Waals surface area contributed by atoms with Crippen LogP contribution in [0, 0.1) is 5.82 Å². The predicted octanol–water partition coefficient (Wildman–Crippen LogP) is 1.67. The summed E-state index contributed by atoms with van der Waals surface area (Å²) in [6.45, 7) is 6.25. The van der Waals surface area contributed by atoms with Gasteiger partial charge in [-0.05, 0) is 42.9 Å². The minimum Gasteiger partial charge on any atom is -0.495 e. The number of rotatable bonds is 7. The molecule has 2 saturated heterocycles. The first-order chi connectivity index (χ1) is 16.7. The topological polar surface area (TPSA) is 90.5 Å². The van der Waals surface area contributed by atoms with Gasteiger partial charge in [0, 0.05) is 52.4 Å². The van der Waals surface area contributed by atoms with E-state index < -0.39 is 25.9 Å². The summed E-state index contributed by atoms with van der Waals surface area (Å²) in [5.74, 6) is -0.0928. The standard InChI is InChI=1S/C23H31FN4O5S2/c1-3-25-9-13-27(14-10-25)35(31,32)21-7-8-23(33-2)22(18-21)26-11-15-28(16-12-26)34(29,30)20-6-4-5-19(24)17-20/h4-8,17-18H,3,9-16H2,1-2H3. The van der Waals surface area contributed by atoms with Crippen LogP contribution in [0.25, 0.3) is 0 Å². The molecule has 0 atom stereocenters. The molecule has 4 rings (SSSR count). The van der Waals surface area contributed by atoms with Gasteiger partial charge in [-0.3, -0.25) is 0 Å². The molecule has 0 N–H and O–H groups in total. The smallest absolute Gasteiger partial charge is 0.243 e. The molecule has 2 heterocycles. The molecule has 0 spiro atoms. The van der Waals surface area contributed by atoms with Crippen molar-refractivity contribution in [2.75, 3.05) is 70.9 Å². The summed E-state index contributed by atoms with van der Waals surface area (Å²) < 4.78 is 74.4. The Bertz CT molecular complexity index is 1260. The zero-order valence-corrected chi connectivity index (χ0v) is 21.6. The Kier molecular flexibility index (Phi) is 7.67. The van der Waals surface area contributed by atoms with Crippen molar-refractivity contribution >= 4 is 25.7 Å². The maximum atomic E-state index is 13.6. The van der Waals surface area contributed by atoms with Crippen molar-refractivity contribution in [2.45, 2.75) is 16.7 Å². The van der Waals surface area contributed by atoms with E-state index in [1.807, 2.05) is 4.90 Å². The summed E-state index contributed by atoms with van der Waals surface area (Å²) in [5.41, 5.74) is 0.601. The third kappa shape index (κ3) is 5.31. The normalized spacial score (nSPS) is 19.1. The van der Waals surface area contributed by atoms with E-state index >= 15 is 0 Å². The van der Waals surface area contributed by atoms with Gasteiger partial charge in [0.05, 0.1) is 22.6 Å². The molecule has 0 aliphatic carbocycles. The molecule has 2 aliphatic rings. The van der Waals surface area contributed by atoms with Gasteiger partial charge in [-0.25, -0.2) is 21.2 Å². The maximum Gasteiger partial charge on any atom is 0.243 e. The third-order valence-electron chi connectivity index (χ3n) is 6.58. The molecule has 0 amide bonds. The van der Waals surface area contributed by atoms with Gasteiger partial charge >= 0.3 is 0 Å². The van der Waals surface area contributed by atoms with Crippen LogP contribution in [-0.2, 0) is 20.0 Å². The maximum absolute atomic E-state index is 13.6. The lowest BCUT2D eigenvalue weighted by Crippen LogP contribution is -2.49. The number of methoxy groups -OCH3 is 1. The van der Waals surface area contributed by atoms with Gasteiger partial charge in [0.25, 0.3) is 0 Å². The van der Waals surface area contributed by atoms with E-state index in [4.69, 9.17) is 4.74 Å². The van der Waals surface area contributed by atoms with Gasteiger partial charge in [0.1, 0.15) is 11.6 Å². The molecule has 0 saturated carbocycles. The summed E-state index contributed by atoms with van der Waals surface area (Å²) in [5, 5.41) is 0. The molecule has 2 aromatic rings. The van der Waals surface area contributed by atoms with Gasteiger partial charge in [0.15, 0.2) is 0 Å². The van der Waals surface area contributed by atoms with E-state index in [-0.39, 0.29) is 22.9 Å². The monoisotopic (exact) mass is 526 g/mol. The van der Waals surface area contributed by atoms with Gasteiger partial charge < -0.3 is 14.5 Å². The highest BCUT2D eigenvalue weighted by atomic mass is 32.2. The number of anilines is 1. The van der Waals surface area contributed by atoms with Crippen LogP contribution in [0.3, 0.4) is 0 Å². The molecule has 0 radical (unpaired) electrons. The Morgan fingerprint density at radius 1 is 0.800 bits per heavy atom. The number of hydrogen-bond donors (Lipinski definition) is 0. The lowest BCUT2D eigenvalue weighted by Gasteiger charge is -2.36. The highest BCUT2D eigenvalue weighted by Gasteiger charge is 2.32. The number of likely N-dealkylation sites (N-methyl/N-ethyl adjacent to an activating group) is 1. The number of ether oxygens (including phenoxy) is 1. The number of hydrogen-bond acceptors (Lipinski definition) is 7. The largest absolute Gasteiger partial charge is 0.495 e. The van der Waals surface area contributed by atoms with E-state index in [0.717, 1.165) is 12.6 Å². The fourth-order valence-electron chi connectivity index (χ4n) is 4.46. The van der Waals surface area contributed by atoms with Crippen molar-refractivity contribution in [2.24, 2.45) is 0 Å². The molecule has 0 unspecified atom stereocenters. The summed E-state index contributed by atoms with van der Waals surface area (Å²) in [6, 6.07) is 9.76. The fraction of sp³-hybridized carbons (Fsp3) is 0.478. The van der Waals surface area contributed by atoms with E-state index in [0.29, 0.717) is 50.7 Å². The Morgan fingerprint density at radius 3 is 1.91 bits per heavy atom.